The first-order chi connectivity index (χ1) is 21.3. The molecule has 5 heterocycles. The highest BCUT2D eigenvalue weighted by molar-refractivity contribution is 6.02. The molecule has 0 saturated carbocycles. The number of rotatable bonds is 7. The van der Waals surface area contributed by atoms with Gasteiger partial charge in [-0.2, -0.15) is 5.10 Å². The molecule has 3 aromatic heterocycles. The molecule has 1 amide bonds. The Morgan fingerprint density at radius 2 is 1.77 bits per heavy atom. The summed E-state index contributed by atoms with van der Waals surface area (Å²) < 4.78 is 29.9. The van der Waals surface area contributed by atoms with Crippen LogP contribution in [-0.4, -0.2) is 60.7 Å². The van der Waals surface area contributed by atoms with Gasteiger partial charge in [0, 0.05) is 54.5 Å². The van der Waals surface area contributed by atoms with E-state index in [1.807, 2.05) is 6.07 Å². The normalized spacial score (nSPS) is 19.8. The van der Waals surface area contributed by atoms with Crippen LogP contribution in [0.3, 0.4) is 0 Å². The van der Waals surface area contributed by atoms with Crippen molar-refractivity contribution >= 4 is 28.4 Å². The Labute approximate surface area is 251 Å². The lowest BCUT2D eigenvalue weighted by atomic mass is 9.97. The summed E-state index contributed by atoms with van der Waals surface area (Å²) in [6.07, 6.45) is 9.19. The number of nitrogens with one attached hydrogen (secondary N) is 3. The predicted molar refractivity (Wildman–Crippen MR) is 162 cm³/mol. The van der Waals surface area contributed by atoms with E-state index in [1.54, 1.807) is 18.3 Å². The maximum Gasteiger partial charge on any atom is 0.286 e. The smallest absolute Gasteiger partial charge is 0.286 e. The number of nitrogens with zero attached hydrogens (tertiary/aromatic N) is 5. The number of H-pyrrole nitrogens is 1. The molecule has 2 aromatic carbocycles. The second kappa shape index (κ2) is 11.3. The van der Waals surface area contributed by atoms with Crippen molar-refractivity contribution in [3.05, 3.63) is 106 Å². The molecule has 0 aliphatic carbocycles. The SMILES string of the molecule is CN1C2CCC1CC(Nc1n[nH]c3nccc(Cc4ccc(NC(=O)c5nccn(-c6ccc(F)cc6)c5=O)cc4F)c13)C2. The fourth-order valence-corrected chi connectivity index (χ4v) is 6.53. The average Bonchev–Trinajstić information content (AvgIpc) is 3.50. The molecule has 2 saturated heterocycles. The van der Waals surface area contributed by atoms with Gasteiger partial charge in [0.05, 0.1) is 5.39 Å². The molecule has 2 aliphatic heterocycles. The van der Waals surface area contributed by atoms with Crippen molar-refractivity contribution < 1.29 is 13.6 Å². The van der Waals surface area contributed by atoms with E-state index in [1.165, 1.54) is 60.1 Å². The van der Waals surface area contributed by atoms with Crippen molar-refractivity contribution in [3.8, 4) is 5.69 Å². The Morgan fingerprint density at radius 3 is 2.52 bits per heavy atom. The minimum absolute atomic E-state index is 0.178. The quantitative estimate of drug-likeness (QED) is 0.250. The van der Waals surface area contributed by atoms with Crippen molar-refractivity contribution in [3.63, 3.8) is 0 Å². The van der Waals surface area contributed by atoms with Gasteiger partial charge in [0.1, 0.15) is 11.6 Å². The van der Waals surface area contributed by atoms with Crippen molar-refractivity contribution in [2.45, 2.75) is 50.2 Å². The summed E-state index contributed by atoms with van der Waals surface area (Å²) in [4.78, 5) is 36.7. The largest absolute Gasteiger partial charge is 0.365 e. The molecular formula is C32H30F2N8O2. The number of carbonyl (C=O) groups is 1. The van der Waals surface area contributed by atoms with Gasteiger partial charge in [-0.3, -0.25) is 19.3 Å². The van der Waals surface area contributed by atoms with Crippen LogP contribution >= 0.6 is 0 Å². The lowest BCUT2D eigenvalue weighted by Gasteiger charge is -2.36. The molecule has 2 bridgehead atoms. The molecule has 10 nitrogen and oxygen atoms in total. The molecule has 2 atom stereocenters. The van der Waals surface area contributed by atoms with Gasteiger partial charge in [0.25, 0.3) is 11.5 Å². The number of carbonyl (C=O) groups excluding carboxylic acids is 1. The average molecular weight is 597 g/mol. The number of amides is 1. The van der Waals surface area contributed by atoms with E-state index in [4.69, 9.17) is 0 Å². The summed E-state index contributed by atoms with van der Waals surface area (Å²) in [5.41, 5.74) is 1.42. The minimum Gasteiger partial charge on any atom is -0.365 e. The Bertz CT molecular complexity index is 1910. The zero-order valence-corrected chi connectivity index (χ0v) is 23.9. The molecule has 2 unspecified atom stereocenters. The first kappa shape index (κ1) is 27.8. The lowest BCUT2D eigenvalue weighted by Crippen LogP contribution is -2.44. The van der Waals surface area contributed by atoms with E-state index in [0.29, 0.717) is 35.0 Å². The maximum atomic E-state index is 15.4. The zero-order valence-electron chi connectivity index (χ0n) is 23.9. The summed E-state index contributed by atoms with van der Waals surface area (Å²) in [5.74, 6) is -1.02. The summed E-state index contributed by atoms with van der Waals surface area (Å²) in [6, 6.07) is 13.0. The monoisotopic (exact) mass is 596 g/mol. The summed E-state index contributed by atoms with van der Waals surface area (Å²) in [7, 11) is 2.21. The maximum absolute atomic E-state index is 15.4. The highest BCUT2D eigenvalue weighted by Gasteiger charge is 2.38. The van der Waals surface area contributed by atoms with Crippen molar-refractivity contribution in [2.24, 2.45) is 0 Å². The second-order valence-electron chi connectivity index (χ2n) is 11.5. The number of benzene rings is 2. The van der Waals surface area contributed by atoms with Gasteiger partial charge >= 0.3 is 0 Å². The molecule has 224 valence electrons. The molecule has 3 N–H and O–H groups in total. The summed E-state index contributed by atoms with van der Waals surface area (Å²) >= 11 is 0. The number of hydrogen-bond acceptors (Lipinski definition) is 7. The second-order valence-corrected chi connectivity index (χ2v) is 11.5. The van der Waals surface area contributed by atoms with Crippen LogP contribution in [0.2, 0.25) is 0 Å². The Hall–Kier alpha value is -4.97. The molecule has 2 fully saturated rings. The van der Waals surface area contributed by atoms with E-state index < -0.39 is 23.1 Å². The zero-order chi connectivity index (χ0) is 30.4. The summed E-state index contributed by atoms with van der Waals surface area (Å²) in [5, 5.41) is 14.6. The first-order valence-electron chi connectivity index (χ1n) is 14.6. The highest BCUT2D eigenvalue weighted by Crippen LogP contribution is 2.36. The molecule has 0 spiro atoms. The Morgan fingerprint density at radius 1 is 1.00 bits per heavy atom. The van der Waals surface area contributed by atoms with E-state index in [0.717, 1.165) is 29.6 Å². The summed E-state index contributed by atoms with van der Waals surface area (Å²) in [6.45, 7) is 0. The third-order valence-corrected chi connectivity index (χ3v) is 8.84. The number of aromatic nitrogens is 5. The van der Waals surface area contributed by atoms with Gasteiger partial charge < -0.3 is 15.5 Å². The highest BCUT2D eigenvalue weighted by atomic mass is 19.1. The van der Waals surface area contributed by atoms with Gasteiger partial charge in [-0.25, -0.2) is 18.7 Å². The fraction of sp³-hybridized carbons (Fsp3) is 0.281. The van der Waals surface area contributed by atoms with Gasteiger partial charge in [-0.05, 0) is 86.3 Å². The van der Waals surface area contributed by atoms with Crippen LogP contribution in [0.1, 0.15) is 47.3 Å². The van der Waals surface area contributed by atoms with Crippen LogP contribution in [0.25, 0.3) is 16.7 Å². The minimum atomic E-state index is -0.786. The number of hydrogen-bond donors (Lipinski definition) is 3. The predicted octanol–water partition coefficient (Wildman–Crippen LogP) is 4.66. The topological polar surface area (TPSA) is 121 Å². The first-order valence-corrected chi connectivity index (χ1v) is 14.6. The van der Waals surface area contributed by atoms with Crippen LogP contribution in [0.5, 0.6) is 0 Å². The number of halogens is 2. The lowest BCUT2D eigenvalue weighted by molar-refractivity contribution is 0.102. The van der Waals surface area contributed by atoms with E-state index in [9.17, 15) is 14.0 Å². The van der Waals surface area contributed by atoms with Crippen LogP contribution in [0.15, 0.2) is 71.9 Å². The molecule has 2 aliphatic rings. The van der Waals surface area contributed by atoms with Crippen LogP contribution in [-0.2, 0) is 6.42 Å². The Balaban J connectivity index is 1.08. The number of pyridine rings is 1. The third kappa shape index (κ3) is 5.21. The van der Waals surface area contributed by atoms with Crippen LogP contribution < -0.4 is 16.2 Å². The number of aromatic amines is 1. The third-order valence-electron chi connectivity index (χ3n) is 8.84. The number of fused-ring (bicyclic) bond motifs is 3. The standard InChI is InChI=1S/C32H30F2N8O2/c1-41-24-8-9-25(41)16-22(15-24)37-30-27-19(10-11-36-29(27)39-40-30)14-18-2-5-21(17-26(18)34)38-31(43)28-32(44)42(13-12-35-28)23-6-3-20(33)4-7-23/h2-7,10-13,17,22,24-25H,8-9,14-16H2,1H3,(H,38,43)(H2,36,37,39,40). The van der Waals surface area contributed by atoms with Gasteiger partial charge in [0.2, 0.25) is 0 Å². The molecule has 44 heavy (non-hydrogen) atoms. The molecule has 5 aromatic rings. The van der Waals surface area contributed by atoms with E-state index in [-0.39, 0.29) is 17.8 Å². The van der Waals surface area contributed by atoms with Crippen LogP contribution in [0, 0.1) is 11.6 Å². The van der Waals surface area contributed by atoms with Gasteiger partial charge in [-0.1, -0.05) is 6.07 Å². The fourth-order valence-electron chi connectivity index (χ4n) is 6.53. The van der Waals surface area contributed by atoms with E-state index in [2.05, 4.69) is 42.7 Å². The molecular weight excluding hydrogens is 566 g/mol. The van der Waals surface area contributed by atoms with Crippen LogP contribution in [0.4, 0.5) is 20.3 Å². The van der Waals surface area contributed by atoms with Gasteiger partial charge in [0.15, 0.2) is 17.2 Å². The molecule has 7 rings (SSSR count). The number of anilines is 2. The van der Waals surface area contributed by atoms with Gasteiger partial charge in [-0.15, -0.1) is 0 Å². The molecule has 0 radical (unpaired) electrons. The number of piperidine rings is 1. The molecule has 12 heteroatoms. The van der Waals surface area contributed by atoms with Crippen molar-refractivity contribution in [1.82, 2.24) is 29.6 Å². The van der Waals surface area contributed by atoms with Crippen molar-refractivity contribution in [2.75, 3.05) is 17.7 Å². The van der Waals surface area contributed by atoms with E-state index >= 15 is 4.39 Å². The van der Waals surface area contributed by atoms with Crippen molar-refractivity contribution in [1.29, 1.82) is 0 Å². The Kier molecular flexibility index (Phi) is 7.13.